The first-order chi connectivity index (χ1) is 11.1. The molecule has 0 spiro atoms. The van der Waals surface area contributed by atoms with E-state index in [4.69, 9.17) is 5.73 Å². The first-order valence-corrected chi connectivity index (χ1v) is 7.71. The summed E-state index contributed by atoms with van der Waals surface area (Å²) in [5.74, 6) is -1.47. The second kappa shape index (κ2) is 6.34. The molecule has 0 saturated heterocycles. The molecular weight excluding hydrogens is 361 g/mol. The van der Waals surface area contributed by atoms with Crippen molar-refractivity contribution < 1.29 is 9.18 Å². The summed E-state index contributed by atoms with van der Waals surface area (Å²) >= 11 is 3.22. The van der Waals surface area contributed by atoms with E-state index in [1.807, 2.05) is 30.3 Å². The third-order valence-corrected chi connectivity index (χ3v) is 3.94. The lowest BCUT2D eigenvalue weighted by Crippen LogP contribution is -2.16. The third kappa shape index (κ3) is 3.17. The maximum atomic E-state index is 14.0. The van der Waals surface area contributed by atoms with E-state index in [1.54, 1.807) is 12.3 Å². The molecule has 1 aromatic heterocycles. The number of anilines is 1. The number of halogens is 2. The molecule has 0 bridgehead atoms. The Morgan fingerprint density at radius 2 is 2.04 bits per heavy atom. The van der Waals surface area contributed by atoms with E-state index in [2.05, 4.69) is 26.2 Å². The number of pyridine rings is 1. The molecule has 0 saturated carbocycles. The Balaban J connectivity index is 1.96. The Hall–Kier alpha value is -2.47. The number of benzene rings is 2. The molecule has 1 heterocycles. The van der Waals surface area contributed by atoms with Crippen LogP contribution in [0.1, 0.15) is 15.9 Å². The summed E-state index contributed by atoms with van der Waals surface area (Å²) in [6.45, 7) is 0.393. The lowest BCUT2D eigenvalue weighted by molar-refractivity contribution is 0.0997. The van der Waals surface area contributed by atoms with Gasteiger partial charge in [-0.2, -0.15) is 0 Å². The number of carbonyl (C=O) groups excluding carboxylic acids is 1. The highest BCUT2D eigenvalue weighted by Gasteiger charge is 2.15. The summed E-state index contributed by atoms with van der Waals surface area (Å²) in [6, 6.07) is 12.5. The second-order valence-corrected chi connectivity index (χ2v) is 5.94. The number of primary amides is 1. The van der Waals surface area contributed by atoms with Crippen molar-refractivity contribution in [1.29, 1.82) is 0 Å². The van der Waals surface area contributed by atoms with Crippen molar-refractivity contribution in [3.05, 3.63) is 70.1 Å². The van der Waals surface area contributed by atoms with Gasteiger partial charge in [0.2, 0.25) is 0 Å². The Bertz CT molecular complexity index is 893. The molecule has 2 aromatic carbocycles. The maximum Gasteiger partial charge on any atom is 0.253 e. The van der Waals surface area contributed by atoms with Crippen LogP contribution in [0, 0.1) is 5.82 Å². The molecule has 23 heavy (non-hydrogen) atoms. The first kappa shape index (κ1) is 15.4. The fraction of sp³-hybridized carbons (Fsp3) is 0.0588. The van der Waals surface area contributed by atoms with Crippen LogP contribution in [0.15, 0.2) is 53.1 Å². The molecule has 6 heteroatoms. The monoisotopic (exact) mass is 373 g/mol. The van der Waals surface area contributed by atoms with Crippen LogP contribution in [0.2, 0.25) is 0 Å². The lowest BCUT2D eigenvalue weighted by atomic mass is 10.1. The average molecular weight is 374 g/mol. The minimum absolute atomic E-state index is 0.151. The number of nitrogens with two attached hydrogens (primary N) is 1. The molecule has 0 atom stereocenters. The van der Waals surface area contributed by atoms with Gasteiger partial charge in [-0.3, -0.25) is 9.78 Å². The third-order valence-electron chi connectivity index (χ3n) is 3.49. The van der Waals surface area contributed by atoms with Crippen molar-refractivity contribution in [1.82, 2.24) is 4.98 Å². The van der Waals surface area contributed by atoms with Gasteiger partial charge in [-0.05, 0) is 23.8 Å². The smallest absolute Gasteiger partial charge is 0.253 e. The molecule has 3 rings (SSSR count). The van der Waals surface area contributed by atoms with E-state index in [9.17, 15) is 9.18 Å². The molecular formula is C17H13BrFN3O. The van der Waals surface area contributed by atoms with Crippen molar-refractivity contribution in [2.75, 3.05) is 5.32 Å². The summed E-state index contributed by atoms with van der Waals surface area (Å²) in [4.78, 5) is 15.9. The number of nitrogens with one attached hydrogen (secondary N) is 1. The van der Waals surface area contributed by atoms with Crippen molar-refractivity contribution in [3.63, 3.8) is 0 Å². The zero-order chi connectivity index (χ0) is 16.4. The van der Waals surface area contributed by atoms with Gasteiger partial charge in [0.05, 0.1) is 16.8 Å². The van der Waals surface area contributed by atoms with Gasteiger partial charge in [0.15, 0.2) is 0 Å². The Kier molecular flexibility index (Phi) is 4.25. The standard InChI is InChI=1S/C17H13BrFN3O/c18-12-7-13(19)15(17(20)23)14(8-12)22-9-11-4-1-3-10-5-2-6-21-16(10)11/h1-8,22H,9H2,(H2,20,23). The highest BCUT2D eigenvalue weighted by atomic mass is 79.9. The molecule has 0 unspecified atom stereocenters. The lowest BCUT2D eigenvalue weighted by Gasteiger charge is -2.13. The van der Waals surface area contributed by atoms with Gasteiger partial charge < -0.3 is 11.1 Å². The van der Waals surface area contributed by atoms with E-state index < -0.39 is 11.7 Å². The van der Waals surface area contributed by atoms with Gasteiger partial charge in [-0.25, -0.2) is 4.39 Å². The van der Waals surface area contributed by atoms with Crippen LogP contribution in [-0.2, 0) is 6.54 Å². The summed E-state index contributed by atoms with van der Waals surface area (Å²) < 4.78 is 14.5. The van der Waals surface area contributed by atoms with Crippen molar-refractivity contribution in [2.45, 2.75) is 6.54 Å². The van der Waals surface area contributed by atoms with Crippen molar-refractivity contribution in [2.24, 2.45) is 5.73 Å². The molecule has 3 N–H and O–H groups in total. The van der Waals surface area contributed by atoms with Crippen molar-refractivity contribution >= 4 is 38.4 Å². The summed E-state index contributed by atoms with van der Waals surface area (Å²) in [7, 11) is 0. The quantitative estimate of drug-likeness (QED) is 0.729. The molecule has 0 fully saturated rings. The average Bonchev–Trinajstić information content (AvgIpc) is 2.51. The number of para-hydroxylation sites is 1. The first-order valence-electron chi connectivity index (χ1n) is 6.91. The van der Waals surface area contributed by atoms with E-state index in [0.29, 0.717) is 16.7 Å². The SMILES string of the molecule is NC(=O)c1c(F)cc(Br)cc1NCc1cccc2cccnc12. The van der Waals surface area contributed by atoms with Crippen LogP contribution < -0.4 is 11.1 Å². The summed E-state index contributed by atoms with van der Waals surface area (Å²) in [6.07, 6.45) is 1.72. The van der Waals surface area contributed by atoms with Gasteiger partial charge in [0.25, 0.3) is 5.91 Å². The minimum Gasteiger partial charge on any atom is -0.380 e. The predicted molar refractivity (Wildman–Crippen MR) is 91.7 cm³/mol. The van der Waals surface area contributed by atoms with Crippen LogP contribution in [0.4, 0.5) is 10.1 Å². The number of fused-ring (bicyclic) bond motifs is 1. The summed E-state index contributed by atoms with van der Waals surface area (Å²) in [5.41, 5.74) is 7.27. The minimum atomic E-state index is -0.812. The number of amides is 1. The normalized spacial score (nSPS) is 10.7. The van der Waals surface area contributed by atoms with Gasteiger partial charge >= 0.3 is 0 Å². The van der Waals surface area contributed by atoms with Gasteiger partial charge in [-0.15, -0.1) is 0 Å². The number of aromatic nitrogens is 1. The van der Waals surface area contributed by atoms with Gasteiger partial charge in [-0.1, -0.05) is 40.2 Å². The topological polar surface area (TPSA) is 68.0 Å². The van der Waals surface area contributed by atoms with Crippen molar-refractivity contribution in [3.8, 4) is 0 Å². The summed E-state index contributed by atoms with van der Waals surface area (Å²) in [5, 5.41) is 4.09. The second-order valence-electron chi connectivity index (χ2n) is 5.02. The highest BCUT2D eigenvalue weighted by molar-refractivity contribution is 9.10. The largest absolute Gasteiger partial charge is 0.380 e. The molecule has 3 aromatic rings. The van der Waals surface area contributed by atoms with E-state index in [0.717, 1.165) is 16.5 Å². The number of rotatable bonds is 4. The molecule has 0 radical (unpaired) electrons. The molecule has 116 valence electrons. The number of carbonyl (C=O) groups is 1. The van der Waals surface area contributed by atoms with Crippen LogP contribution in [-0.4, -0.2) is 10.9 Å². The van der Waals surface area contributed by atoms with Crippen LogP contribution in [0.5, 0.6) is 0 Å². The van der Waals surface area contributed by atoms with Gasteiger partial charge in [0.1, 0.15) is 5.82 Å². The molecule has 4 nitrogen and oxygen atoms in total. The van der Waals surface area contributed by atoms with Crippen LogP contribution in [0.3, 0.4) is 0 Å². The number of nitrogens with zero attached hydrogens (tertiary/aromatic N) is 1. The van der Waals surface area contributed by atoms with Crippen LogP contribution in [0.25, 0.3) is 10.9 Å². The van der Waals surface area contributed by atoms with Gasteiger partial charge in [0, 0.05) is 22.6 Å². The van der Waals surface area contributed by atoms with Crippen LogP contribution >= 0.6 is 15.9 Å². The molecule has 1 amide bonds. The zero-order valence-corrected chi connectivity index (χ0v) is 13.6. The zero-order valence-electron chi connectivity index (χ0n) is 12.0. The van der Waals surface area contributed by atoms with E-state index in [-0.39, 0.29) is 5.56 Å². The molecule has 0 aliphatic heterocycles. The number of hydrogen-bond donors (Lipinski definition) is 2. The molecule has 0 aliphatic carbocycles. The Morgan fingerprint density at radius 1 is 1.26 bits per heavy atom. The van der Waals surface area contributed by atoms with E-state index >= 15 is 0 Å². The highest BCUT2D eigenvalue weighted by Crippen LogP contribution is 2.26. The fourth-order valence-corrected chi connectivity index (χ4v) is 2.89. The Morgan fingerprint density at radius 3 is 2.83 bits per heavy atom. The molecule has 0 aliphatic rings. The maximum absolute atomic E-state index is 14.0. The Labute approximate surface area is 140 Å². The number of hydrogen-bond acceptors (Lipinski definition) is 3. The van der Waals surface area contributed by atoms with E-state index in [1.165, 1.54) is 6.07 Å². The fourth-order valence-electron chi connectivity index (χ4n) is 2.46. The predicted octanol–water partition coefficient (Wildman–Crippen LogP) is 3.85.